The summed E-state index contributed by atoms with van der Waals surface area (Å²) in [6, 6.07) is 0. The van der Waals surface area contributed by atoms with Crippen molar-refractivity contribution >= 4 is 11.8 Å². The van der Waals surface area contributed by atoms with Gasteiger partial charge in [-0.25, -0.2) is 4.84 Å². The van der Waals surface area contributed by atoms with Crippen LogP contribution in [0.4, 0.5) is 0 Å². The van der Waals surface area contributed by atoms with Gasteiger partial charge in [-0.3, -0.25) is 0 Å². The molecule has 0 saturated heterocycles. The van der Waals surface area contributed by atoms with E-state index < -0.39 is 0 Å². The maximum Gasteiger partial charge on any atom is 0.0945 e. The number of rotatable bonds is 4. The van der Waals surface area contributed by atoms with Crippen molar-refractivity contribution in [1.82, 2.24) is 4.84 Å². The van der Waals surface area contributed by atoms with Crippen molar-refractivity contribution in [2.24, 2.45) is 10.8 Å². The van der Waals surface area contributed by atoms with Gasteiger partial charge in [-0.05, 0) is 55.7 Å². The molecule has 3 rings (SSSR count). The molecule has 3 aliphatic carbocycles. The minimum Gasteiger partial charge on any atom is -0.501 e. The van der Waals surface area contributed by atoms with E-state index in [1.54, 1.807) is 7.11 Å². The molecule has 3 heteroatoms. The van der Waals surface area contributed by atoms with Gasteiger partial charge in [-0.1, -0.05) is 6.58 Å². The highest BCUT2D eigenvalue weighted by Gasteiger charge is 2.50. The van der Waals surface area contributed by atoms with E-state index in [-0.39, 0.29) is 5.41 Å². The van der Waals surface area contributed by atoms with E-state index in [0.29, 0.717) is 5.41 Å². The van der Waals surface area contributed by atoms with E-state index in [4.69, 9.17) is 16.5 Å². The van der Waals surface area contributed by atoms with Crippen molar-refractivity contribution < 1.29 is 4.74 Å². The molecule has 0 atom stereocenters. The molecule has 0 aromatic rings. The summed E-state index contributed by atoms with van der Waals surface area (Å²) in [7, 11) is 1.74. The zero-order chi connectivity index (χ0) is 10.9. The van der Waals surface area contributed by atoms with Gasteiger partial charge in [-0.15, -0.1) is 0 Å². The fourth-order valence-electron chi connectivity index (χ4n) is 3.30. The molecular formula is C12H20ClNO. The summed E-state index contributed by atoms with van der Waals surface area (Å²) < 4.78 is 5.37. The lowest BCUT2D eigenvalue weighted by Crippen LogP contribution is -2.46. The molecule has 2 nitrogen and oxygen atoms in total. The third-order valence-electron chi connectivity index (χ3n) is 4.68. The lowest BCUT2D eigenvalue weighted by molar-refractivity contribution is -0.0117. The summed E-state index contributed by atoms with van der Waals surface area (Å²) in [4.78, 5) is 2.83. The average molecular weight is 230 g/mol. The van der Waals surface area contributed by atoms with Gasteiger partial charge in [0.05, 0.1) is 12.9 Å². The van der Waals surface area contributed by atoms with E-state index in [0.717, 1.165) is 12.3 Å². The molecule has 0 amide bonds. The van der Waals surface area contributed by atoms with E-state index in [2.05, 4.69) is 11.4 Å². The summed E-state index contributed by atoms with van der Waals surface area (Å²) in [5, 5.41) is 0. The lowest BCUT2D eigenvalue weighted by atomic mass is 9.53. The Morgan fingerprint density at radius 3 is 2.20 bits per heavy atom. The number of hydrogen-bond donors (Lipinski definition) is 1. The van der Waals surface area contributed by atoms with Gasteiger partial charge in [0.15, 0.2) is 0 Å². The van der Waals surface area contributed by atoms with Crippen LogP contribution in [0.15, 0.2) is 12.3 Å². The van der Waals surface area contributed by atoms with Crippen LogP contribution in [0.3, 0.4) is 0 Å². The summed E-state index contributed by atoms with van der Waals surface area (Å²) in [5.74, 6) is 0.995. The van der Waals surface area contributed by atoms with E-state index >= 15 is 0 Å². The first kappa shape index (κ1) is 11.3. The standard InChI is InChI=1S/C12H20ClNO/c1-10(15-2)12-6-3-11(4-7-12,5-8-12)9-14-13/h14H,1,3-9H2,2H3. The van der Waals surface area contributed by atoms with E-state index in [9.17, 15) is 0 Å². The fraction of sp³-hybridized carbons (Fsp3) is 0.833. The molecule has 2 bridgehead atoms. The van der Waals surface area contributed by atoms with Crippen molar-refractivity contribution in [1.29, 1.82) is 0 Å². The molecule has 0 heterocycles. The Morgan fingerprint density at radius 2 is 1.80 bits per heavy atom. The van der Waals surface area contributed by atoms with Crippen molar-refractivity contribution in [3.05, 3.63) is 12.3 Å². The van der Waals surface area contributed by atoms with Crippen molar-refractivity contribution in [3.8, 4) is 0 Å². The molecule has 86 valence electrons. The summed E-state index contributed by atoms with van der Waals surface area (Å²) >= 11 is 5.65. The Labute approximate surface area is 97.1 Å². The van der Waals surface area contributed by atoms with Crippen LogP contribution < -0.4 is 4.84 Å². The molecule has 0 spiro atoms. The Hall–Kier alpha value is -0.210. The largest absolute Gasteiger partial charge is 0.501 e. The molecule has 3 fully saturated rings. The molecule has 1 N–H and O–H groups in total. The topological polar surface area (TPSA) is 21.3 Å². The van der Waals surface area contributed by atoms with E-state index in [1.807, 2.05) is 0 Å². The van der Waals surface area contributed by atoms with Crippen LogP contribution in [0.2, 0.25) is 0 Å². The summed E-state index contributed by atoms with van der Waals surface area (Å²) in [6.07, 6.45) is 7.44. The number of halogens is 1. The molecule has 3 saturated carbocycles. The maximum atomic E-state index is 5.65. The van der Waals surface area contributed by atoms with Gasteiger partial charge < -0.3 is 4.74 Å². The van der Waals surface area contributed by atoms with Crippen LogP contribution in [0, 0.1) is 10.8 Å². The molecule has 15 heavy (non-hydrogen) atoms. The van der Waals surface area contributed by atoms with Crippen LogP contribution in [-0.2, 0) is 4.74 Å². The Balaban J connectivity index is 2.07. The van der Waals surface area contributed by atoms with Crippen LogP contribution in [0.1, 0.15) is 38.5 Å². The van der Waals surface area contributed by atoms with Crippen LogP contribution in [0.5, 0.6) is 0 Å². The monoisotopic (exact) mass is 229 g/mol. The first-order chi connectivity index (χ1) is 7.16. The van der Waals surface area contributed by atoms with Crippen molar-refractivity contribution in [2.75, 3.05) is 13.7 Å². The molecule has 0 unspecified atom stereocenters. The zero-order valence-corrected chi connectivity index (χ0v) is 10.2. The Kier molecular flexibility index (Phi) is 3.00. The van der Waals surface area contributed by atoms with Crippen LogP contribution in [0.25, 0.3) is 0 Å². The predicted octanol–water partition coefficient (Wildman–Crippen LogP) is 3.23. The Bertz CT molecular complexity index is 240. The fourth-order valence-corrected chi connectivity index (χ4v) is 3.59. The van der Waals surface area contributed by atoms with Gasteiger partial charge in [0.25, 0.3) is 0 Å². The van der Waals surface area contributed by atoms with Gasteiger partial charge in [0.2, 0.25) is 0 Å². The first-order valence-corrected chi connectivity index (χ1v) is 6.11. The molecule has 0 aromatic carbocycles. The quantitative estimate of drug-likeness (QED) is 0.591. The zero-order valence-electron chi connectivity index (χ0n) is 9.44. The van der Waals surface area contributed by atoms with E-state index in [1.165, 1.54) is 38.5 Å². The number of methoxy groups -OCH3 is 1. The van der Waals surface area contributed by atoms with Crippen molar-refractivity contribution in [3.63, 3.8) is 0 Å². The highest BCUT2D eigenvalue weighted by Crippen LogP contribution is 2.59. The number of hydrogen-bond acceptors (Lipinski definition) is 2. The lowest BCUT2D eigenvalue weighted by Gasteiger charge is -2.53. The number of ether oxygens (including phenoxy) is 1. The summed E-state index contributed by atoms with van der Waals surface area (Å²) in [5.41, 5.74) is 0.736. The minimum absolute atomic E-state index is 0.281. The SMILES string of the molecule is C=C(OC)C12CCC(CNCl)(CC1)CC2. The van der Waals surface area contributed by atoms with Gasteiger partial charge in [0, 0.05) is 12.0 Å². The second-order valence-electron chi connectivity index (χ2n) is 5.22. The third kappa shape index (κ3) is 1.78. The molecule has 0 aromatic heterocycles. The minimum atomic E-state index is 0.281. The highest BCUT2D eigenvalue weighted by molar-refractivity contribution is 6.13. The molecule has 0 radical (unpaired) electrons. The third-order valence-corrected chi connectivity index (χ3v) is 4.82. The smallest absolute Gasteiger partial charge is 0.0945 e. The van der Waals surface area contributed by atoms with Gasteiger partial charge >= 0.3 is 0 Å². The predicted molar refractivity (Wildman–Crippen MR) is 62.6 cm³/mol. The molecular weight excluding hydrogens is 210 g/mol. The Morgan fingerprint density at radius 1 is 1.27 bits per heavy atom. The average Bonchev–Trinajstić information content (AvgIpc) is 2.30. The van der Waals surface area contributed by atoms with Crippen molar-refractivity contribution in [2.45, 2.75) is 38.5 Å². The number of fused-ring (bicyclic) bond motifs is 3. The highest BCUT2D eigenvalue weighted by atomic mass is 35.5. The second-order valence-corrected chi connectivity index (χ2v) is 5.49. The van der Waals surface area contributed by atoms with Gasteiger partial charge in [0.1, 0.15) is 0 Å². The molecule has 3 aliphatic rings. The molecule has 0 aliphatic heterocycles. The normalized spacial score (nSPS) is 39.1. The second kappa shape index (κ2) is 3.99. The number of nitrogens with one attached hydrogen (secondary N) is 1. The van der Waals surface area contributed by atoms with Crippen LogP contribution in [-0.4, -0.2) is 13.7 Å². The van der Waals surface area contributed by atoms with Crippen LogP contribution >= 0.6 is 11.8 Å². The number of allylic oxidation sites excluding steroid dienone is 1. The maximum absolute atomic E-state index is 5.65. The summed E-state index contributed by atoms with van der Waals surface area (Å²) in [6.45, 7) is 5.02. The van der Waals surface area contributed by atoms with Gasteiger partial charge in [-0.2, -0.15) is 0 Å². The first-order valence-electron chi connectivity index (χ1n) is 5.73.